The van der Waals surface area contributed by atoms with E-state index in [1.165, 1.54) is 0 Å². The molecule has 0 saturated carbocycles. The summed E-state index contributed by atoms with van der Waals surface area (Å²) in [6.45, 7) is 1.02. The average Bonchev–Trinajstić information content (AvgIpc) is 3.16. The molecule has 7 heteroatoms. The van der Waals surface area contributed by atoms with Gasteiger partial charge in [0.1, 0.15) is 11.5 Å². The number of methoxy groups -OCH3 is 1. The first-order chi connectivity index (χ1) is 12.7. The van der Waals surface area contributed by atoms with Gasteiger partial charge < -0.3 is 14.8 Å². The lowest BCUT2D eigenvalue weighted by molar-refractivity contribution is -0.123. The Hall–Kier alpha value is -3.35. The molecule has 0 spiro atoms. The summed E-state index contributed by atoms with van der Waals surface area (Å²) in [5.41, 5.74) is 1.89. The molecule has 0 aliphatic heterocycles. The van der Waals surface area contributed by atoms with Gasteiger partial charge in [0.15, 0.2) is 6.61 Å². The minimum atomic E-state index is -0.178. The van der Waals surface area contributed by atoms with Gasteiger partial charge in [0.05, 0.1) is 19.3 Å². The number of pyridine rings is 1. The molecule has 0 radical (unpaired) electrons. The zero-order valence-electron chi connectivity index (χ0n) is 14.5. The molecule has 1 amide bonds. The molecule has 1 aromatic carbocycles. The van der Waals surface area contributed by atoms with Crippen molar-refractivity contribution >= 4 is 5.91 Å². The van der Waals surface area contributed by atoms with Crippen molar-refractivity contribution in [3.05, 3.63) is 61.1 Å². The Balaban J connectivity index is 1.40. The van der Waals surface area contributed by atoms with Crippen molar-refractivity contribution < 1.29 is 14.3 Å². The van der Waals surface area contributed by atoms with Crippen LogP contribution in [0.3, 0.4) is 0 Å². The van der Waals surface area contributed by atoms with Crippen LogP contribution < -0.4 is 14.8 Å². The first kappa shape index (κ1) is 17.5. The third-order valence-corrected chi connectivity index (χ3v) is 3.71. The molecule has 2 heterocycles. The van der Waals surface area contributed by atoms with Gasteiger partial charge in [-0.3, -0.25) is 14.5 Å². The normalized spacial score (nSPS) is 10.3. The second kappa shape index (κ2) is 8.66. The minimum Gasteiger partial charge on any atom is -0.497 e. The first-order valence-electron chi connectivity index (χ1n) is 8.22. The number of carbonyl (C=O) groups excluding carboxylic acids is 1. The molecule has 0 atom stereocenters. The van der Waals surface area contributed by atoms with Crippen molar-refractivity contribution in [2.24, 2.45) is 0 Å². The molecule has 0 aliphatic carbocycles. The van der Waals surface area contributed by atoms with Crippen LogP contribution in [-0.2, 0) is 11.3 Å². The van der Waals surface area contributed by atoms with Gasteiger partial charge in [-0.25, -0.2) is 0 Å². The highest BCUT2D eigenvalue weighted by molar-refractivity contribution is 5.77. The number of ether oxygens (including phenoxy) is 2. The fourth-order valence-corrected chi connectivity index (χ4v) is 2.34. The number of amides is 1. The van der Waals surface area contributed by atoms with Crippen LogP contribution in [0, 0.1) is 0 Å². The van der Waals surface area contributed by atoms with Crippen LogP contribution in [0.25, 0.3) is 11.3 Å². The van der Waals surface area contributed by atoms with Crippen molar-refractivity contribution in [2.45, 2.75) is 6.54 Å². The van der Waals surface area contributed by atoms with Crippen LogP contribution in [0.4, 0.5) is 0 Å². The van der Waals surface area contributed by atoms with E-state index in [-0.39, 0.29) is 12.5 Å². The van der Waals surface area contributed by atoms with Crippen LogP contribution in [-0.4, -0.2) is 40.9 Å². The zero-order chi connectivity index (χ0) is 18.2. The van der Waals surface area contributed by atoms with E-state index in [1.54, 1.807) is 48.5 Å². The lowest BCUT2D eigenvalue weighted by atomic mass is 10.2. The third-order valence-electron chi connectivity index (χ3n) is 3.71. The van der Waals surface area contributed by atoms with Gasteiger partial charge in [0, 0.05) is 30.7 Å². The van der Waals surface area contributed by atoms with E-state index in [0.717, 1.165) is 17.0 Å². The molecule has 3 aromatic rings. The summed E-state index contributed by atoms with van der Waals surface area (Å²) in [7, 11) is 1.60. The standard InChI is InChI=1S/C19H20N4O3/c1-25-16-2-4-17(5-3-16)26-14-19(24)21-11-13-23-12-8-18(22-23)15-6-9-20-10-7-15/h2-10,12H,11,13-14H2,1H3,(H,21,24). The molecular weight excluding hydrogens is 332 g/mol. The fourth-order valence-electron chi connectivity index (χ4n) is 2.34. The smallest absolute Gasteiger partial charge is 0.258 e. The molecule has 0 saturated heterocycles. The van der Waals surface area contributed by atoms with E-state index in [9.17, 15) is 4.79 Å². The predicted molar refractivity (Wildman–Crippen MR) is 97.0 cm³/mol. The monoisotopic (exact) mass is 352 g/mol. The van der Waals surface area contributed by atoms with Gasteiger partial charge in [0.2, 0.25) is 0 Å². The molecule has 0 unspecified atom stereocenters. The second-order valence-electron chi connectivity index (χ2n) is 5.51. The maximum Gasteiger partial charge on any atom is 0.258 e. The van der Waals surface area contributed by atoms with Gasteiger partial charge in [0.25, 0.3) is 5.91 Å². The quantitative estimate of drug-likeness (QED) is 0.672. The van der Waals surface area contributed by atoms with Crippen LogP contribution in [0.5, 0.6) is 11.5 Å². The van der Waals surface area contributed by atoms with Crippen molar-refractivity contribution in [3.63, 3.8) is 0 Å². The summed E-state index contributed by atoms with van der Waals surface area (Å²) >= 11 is 0. The molecule has 0 bridgehead atoms. The predicted octanol–water partition coefficient (Wildman–Crippen LogP) is 2.15. The molecule has 3 rings (SSSR count). The van der Waals surface area contributed by atoms with Gasteiger partial charge in [-0.2, -0.15) is 5.10 Å². The number of aromatic nitrogens is 3. The molecule has 7 nitrogen and oxygen atoms in total. The molecule has 0 aliphatic rings. The summed E-state index contributed by atoms with van der Waals surface area (Å²) < 4.78 is 12.3. The van der Waals surface area contributed by atoms with Crippen LogP contribution >= 0.6 is 0 Å². The summed E-state index contributed by atoms with van der Waals surface area (Å²) in [5, 5.41) is 7.30. The van der Waals surface area contributed by atoms with Crippen molar-refractivity contribution in [1.82, 2.24) is 20.1 Å². The van der Waals surface area contributed by atoms with Crippen LogP contribution in [0.2, 0.25) is 0 Å². The SMILES string of the molecule is COc1ccc(OCC(=O)NCCn2ccc(-c3ccncc3)n2)cc1. The Morgan fingerprint density at radius 3 is 2.54 bits per heavy atom. The minimum absolute atomic E-state index is 0.0340. The summed E-state index contributed by atoms with van der Waals surface area (Å²) in [6.07, 6.45) is 5.35. The fraction of sp³-hybridized carbons (Fsp3) is 0.211. The molecule has 26 heavy (non-hydrogen) atoms. The number of rotatable bonds is 8. The molecule has 1 N–H and O–H groups in total. The molecule has 0 fully saturated rings. The van der Waals surface area contributed by atoms with E-state index in [4.69, 9.17) is 9.47 Å². The molecular formula is C19H20N4O3. The summed E-state index contributed by atoms with van der Waals surface area (Å²) in [4.78, 5) is 15.9. The molecule has 2 aromatic heterocycles. The van der Waals surface area contributed by atoms with Gasteiger partial charge in [-0.1, -0.05) is 0 Å². The van der Waals surface area contributed by atoms with Crippen molar-refractivity contribution in [1.29, 1.82) is 0 Å². The van der Waals surface area contributed by atoms with Crippen molar-refractivity contribution in [2.75, 3.05) is 20.3 Å². The van der Waals surface area contributed by atoms with E-state index < -0.39 is 0 Å². The Morgan fingerprint density at radius 2 is 1.81 bits per heavy atom. The maximum absolute atomic E-state index is 11.9. The lowest BCUT2D eigenvalue weighted by Crippen LogP contribution is -2.31. The highest BCUT2D eigenvalue weighted by atomic mass is 16.5. The number of nitrogens with one attached hydrogen (secondary N) is 1. The van der Waals surface area contributed by atoms with Crippen molar-refractivity contribution in [3.8, 4) is 22.8 Å². The topological polar surface area (TPSA) is 78.3 Å². The highest BCUT2D eigenvalue weighted by Crippen LogP contribution is 2.17. The number of benzene rings is 1. The second-order valence-corrected chi connectivity index (χ2v) is 5.51. The van der Waals surface area contributed by atoms with Gasteiger partial charge in [-0.05, 0) is 42.5 Å². The van der Waals surface area contributed by atoms with E-state index in [1.807, 2.05) is 24.4 Å². The van der Waals surface area contributed by atoms with Gasteiger partial charge >= 0.3 is 0 Å². The number of hydrogen-bond donors (Lipinski definition) is 1. The number of hydrogen-bond acceptors (Lipinski definition) is 5. The molecule has 134 valence electrons. The Kier molecular flexibility index (Phi) is 5.82. The third kappa shape index (κ3) is 4.83. The average molecular weight is 352 g/mol. The Morgan fingerprint density at radius 1 is 1.08 bits per heavy atom. The number of carbonyl (C=O) groups is 1. The largest absolute Gasteiger partial charge is 0.497 e. The van der Waals surface area contributed by atoms with E-state index >= 15 is 0 Å². The highest BCUT2D eigenvalue weighted by Gasteiger charge is 2.05. The maximum atomic E-state index is 11.9. The Bertz CT molecular complexity index is 832. The Labute approximate surface area is 151 Å². The lowest BCUT2D eigenvalue weighted by Gasteiger charge is -2.08. The number of nitrogens with zero attached hydrogens (tertiary/aromatic N) is 3. The summed E-state index contributed by atoms with van der Waals surface area (Å²) in [5.74, 6) is 1.18. The first-order valence-corrected chi connectivity index (χ1v) is 8.22. The van der Waals surface area contributed by atoms with E-state index in [2.05, 4.69) is 15.4 Å². The summed E-state index contributed by atoms with van der Waals surface area (Å²) in [6, 6.07) is 12.8. The van der Waals surface area contributed by atoms with Crippen LogP contribution in [0.1, 0.15) is 0 Å². The van der Waals surface area contributed by atoms with Gasteiger partial charge in [-0.15, -0.1) is 0 Å². The zero-order valence-corrected chi connectivity index (χ0v) is 14.5. The van der Waals surface area contributed by atoms with E-state index in [0.29, 0.717) is 18.8 Å². The van der Waals surface area contributed by atoms with Crippen LogP contribution in [0.15, 0.2) is 61.1 Å².